The van der Waals surface area contributed by atoms with Crippen LogP contribution in [0.5, 0.6) is 0 Å². The van der Waals surface area contributed by atoms with Crippen molar-refractivity contribution in [3.8, 4) is 0 Å². The van der Waals surface area contributed by atoms with Crippen molar-refractivity contribution in [2.24, 2.45) is 0 Å². The minimum absolute atomic E-state index is 0.163. The number of ether oxygens (including phenoxy) is 1. The Morgan fingerprint density at radius 1 is 1.00 bits per heavy atom. The van der Waals surface area contributed by atoms with Gasteiger partial charge < -0.3 is 9.64 Å². The standard InChI is InChI=1S/C24H30N2O4S/c1-19-23(21-5-3-2-4-6-21)13-14-26(19)24(27)12-9-20-7-10-22(11-8-20)31(28,29)25-15-17-30-18-16-25/h2-8,10-11,19,23H,9,12-18H2,1H3/t19-,23-/m1/s1. The molecule has 2 heterocycles. The Kier molecular flexibility index (Phi) is 6.74. The smallest absolute Gasteiger partial charge is 0.243 e. The van der Waals surface area contributed by atoms with E-state index in [0.717, 1.165) is 18.5 Å². The van der Waals surface area contributed by atoms with E-state index < -0.39 is 10.0 Å². The Bertz CT molecular complexity index is 986. The number of carbonyl (C=O) groups excluding carboxylic acids is 1. The van der Waals surface area contributed by atoms with Gasteiger partial charge in [-0.05, 0) is 43.0 Å². The second kappa shape index (κ2) is 9.51. The van der Waals surface area contributed by atoms with Gasteiger partial charge in [0.2, 0.25) is 15.9 Å². The van der Waals surface area contributed by atoms with E-state index in [9.17, 15) is 13.2 Å². The van der Waals surface area contributed by atoms with Gasteiger partial charge in [0.1, 0.15) is 0 Å². The summed E-state index contributed by atoms with van der Waals surface area (Å²) in [5, 5.41) is 0. The second-order valence-corrected chi connectivity index (χ2v) is 10.2. The molecule has 31 heavy (non-hydrogen) atoms. The van der Waals surface area contributed by atoms with E-state index in [-0.39, 0.29) is 11.9 Å². The molecule has 6 nitrogen and oxygen atoms in total. The molecule has 0 aromatic heterocycles. The minimum atomic E-state index is -3.48. The fourth-order valence-electron chi connectivity index (χ4n) is 4.60. The van der Waals surface area contributed by atoms with E-state index in [1.165, 1.54) is 9.87 Å². The number of benzene rings is 2. The Balaban J connectivity index is 1.33. The van der Waals surface area contributed by atoms with Gasteiger partial charge in [-0.25, -0.2) is 8.42 Å². The van der Waals surface area contributed by atoms with Crippen molar-refractivity contribution in [2.45, 2.75) is 43.0 Å². The molecule has 7 heteroatoms. The summed E-state index contributed by atoms with van der Waals surface area (Å²) in [6, 6.07) is 17.5. The maximum atomic E-state index is 12.9. The van der Waals surface area contributed by atoms with E-state index in [2.05, 4.69) is 31.2 Å². The van der Waals surface area contributed by atoms with Gasteiger partial charge in [0.15, 0.2) is 0 Å². The number of sulfonamides is 1. The minimum Gasteiger partial charge on any atom is -0.379 e. The molecule has 2 aliphatic heterocycles. The number of likely N-dealkylation sites (tertiary alicyclic amines) is 1. The molecule has 2 saturated heterocycles. The quantitative estimate of drug-likeness (QED) is 0.690. The zero-order chi connectivity index (χ0) is 21.8. The first-order valence-electron chi connectivity index (χ1n) is 11.0. The topological polar surface area (TPSA) is 66.9 Å². The molecule has 0 N–H and O–H groups in total. The van der Waals surface area contributed by atoms with Crippen LogP contribution in [0, 0.1) is 0 Å². The lowest BCUT2D eigenvalue weighted by Gasteiger charge is -2.26. The van der Waals surface area contributed by atoms with E-state index >= 15 is 0 Å². The van der Waals surface area contributed by atoms with Crippen molar-refractivity contribution in [1.82, 2.24) is 9.21 Å². The largest absolute Gasteiger partial charge is 0.379 e. The van der Waals surface area contributed by atoms with Crippen molar-refractivity contribution >= 4 is 15.9 Å². The van der Waals surface area contributed by atoms with Gasteiger partial charge in [-0.2, -0.15) is 4.31 Å². The van der Waals surface area contributed by atoms with Crippen molar-refractivity contribution in [1.29, 1.82) is 0 Å². The van der Waals surface area contributed by atoms with Crippen LogP contribution >= 0.6 is 0 Å². The highest BCUT2D eigenvalue weighted by Crippen LogP contribution is 2.33. The van der Waals surface area contributed by atoms with Crippen molar-refractivity contribution in [3.05, 3.63) is 65.7 Å². The lowest BCUT2D eigenvalue weighted by molar-refractivity contribution is -0.131. The van der Waals surface area contributed by atoms with Crippen molar-refractivity contribution < 1.29 is 17.9 Å². The normalized spacial score (nSPS) is 22.5. The lowest BCUT2D eigenvalue weighted by Crippen LogP contribution is -2.40. The van der Waals surface area contributed by atoms with Crippen LogP contribution in [0.2, 0.25) is 0 Å². The first-order chi connectivity index (χ1) is 15.0. The number of morpholine rings is 1. The number of hydrogen-bond acceptors (Lipinski definition) is 4. The van der Waals surface area contributed by atoms with Crippen LogP contribution < -0.4 is 0 Å². The summed E-state index contributed by atoms with van der Waals surface area (Å²) < 4.78 is 32.2. The molecular weight excluding hydrogens is 412 g/mol. The monoisotopic (exact) mass is 442 g/mol. The number of nitrogens with zero attached hydrogens (tertiary/aromatic N) is 2. The van der Waals surface area contributed by atoms with Crippen molar-refractivity contribution in [2.75, 3.05) is 32.8 Å². The molecule has 0 unspecified atom stereocenters. The zero-order valence-electron chi connectivity index (χ0n) is 17.9. The Labute approximate surface area is 184 Å². The summed E-state index contributed by atoms with van der Waals surface area (Å²) in [6.45, 7) is 4.55. The van der Waals surface area contributed by atoms with Gasteiger partial charge in [-0.1, -0.05) is 42.5 Å². The summed E-state index contributed by atoms with van der Waals surface area (Å²) in [5.41, 5.74) is 2.27. The number of rotatable bonds is 6. The van der Waals surface area contributed by atoms with Crippen LogP contribution in [0.3, 0.4) is 0 Å². The van der Waals surface area contributed by atoms with Crippen LogP contribution in [0.4, 0.5) is 0 Å². The summed E-state index contributed by atoms with van der Waals surface area (Å²) in [4.78, 5) is 15.1. The molecule has 2 aliphatic rings. The number of hydrogen-bond donors (Lipinski definition) is 0. The zero-order valence-corrected chi connectivity index (χ0v) is 18.8. The fraction of sp³-hybridized carbons (Fsp3) is 0.458. The summed E-state index contributed by atoms with van der Waals surface area (Å²) in [6.07, 6.45) is 2.03. The van der Waals surface area contributed by atoms with Gasteiger partial charge >= 0.3 is 0 Å². The Morgan fingerprint density at radius 3 is 2.35 bits per heavy atom. The highest BCUT2D eigenvalue weighted by molar-refractivity contribution is 7.89. The molecule has 0 aliphatic carbocycles. The lowest BCUT2D eigenvalue weighted by atomic mass is 9.93. The molecular formula is C24H30N2O4S. The van der Waals surface area contributed by atoms with Gasteiger partial charge in [0, 0.05) is 38.0 Å². The molecule has 4 rings (SSSR count). The number of amides is 1. The van der Waals surface area contributed by atoms with Crippen LogP contribution in [0.1, 0.15) is 36.8 Å². The molecule has 0 radical (unpaired) electrons. The predicted octanol–water partition coefficient (Wildman–Crippen LogP) is 3.04. The Morgan fingerprint density at radius 2 is 1.68 bits per heavy atom. The van der Waals surface area contributed by atoms with E-state index in [4.69, 9.17) is 4.74 Å². The maximum absolute atomic E-state index is 12.9. The van der Waals surface area contributed by atoms with Gasteiger partial charge in [0.05, 0.1) is 18.1 Å². The summed E-state index contributed by atoms with van der Waals surface area (Å²) in [7, 11) is -3.48. The van der Waals surface area contributed by atoms with E-state index in [1.807, 2.05) is 23.1 Å². The molecule has 2 aromatic rings. The van der Waals surface area contributed by atoms with Crippen LogP contribution in [-0.2, 0) is 26.0 Å². The third kappa shape index (κ3) is 4.84. The van der Waals surface area contributed by atoms with Gasteiger partial charge in [0.25, 0.3) is 0 Å². The molecule has 0 saturated carbocycles. The third-order valence-electron chi connectivity index (χ3n) is 6.46. The number of aryl methyl sites for hydroxylation is 1. The number of carbonyl (C=O) groups is 1. The highest BCUT2D eigenvalue weighted by atomic mass is 32.2. The highest BCUT2D eigenvalue weighted by Gasteiger charge is 2.34. The average molecular weight is 443 g/mol. The van der Waals surface area contributed by atoms with Gasteiger partial charge in [-0.15, -0.1) is 0 Å². The maximum Gasteiger partial charge on any atom is 0.243 e. The van der Waals surface area contributed by atoms with Crippen LogP contribution in [0.15, 0.2) is 59.5 Å². The SMILES string of the molecule is C[C@@H]1[C@H](c2ccccc2)CCN1C(=O)CCc1ccc(S(=O)(=O)N2CCOCC2)cc1. The van der Waals surface area contributed by atoms with Crippen LogP contribution in [-0.4, -0.2) is 62.4 Å². The molecule has 2 aromatic carbocycles. The third-order valence-corrected chi connectivity index (χ3v) is 8.37. The molecule has 166 valence electrons. The van der Waals surface area contributed by atoms with E-state index in [0.29, 0.717) is 50.0 Å². The second-order valence-electron chi connectivity index (χ2n) is 8.29. The predicted molar refractivity (Wildman–Crippen MR) is 119 cm³/mol. The Hall–Kier alpha value is -2.22. The van der Waals surface area contributed by atoms with Gasteiger partial charge in [-0.3, -0.25) is 4.79 Å². The molecule has 0 bridgehead atoms. The average Bonchev–Trinajstić information content (AvgIpc) is 3.20. The summed E-state index contributed by atoms with van der Waals surface area (Å²) in [5.74, 6) is 0.547. The molecule has 0 spiro atoms. The van der Waals surface area contributed by atoms with E-state index in [1.54, 1.807) is 12.1 Å². The van der Waals surface area contributed by atoms with Crippen molar-refractivity contribution in [3.63, 3.8) is 0 Å². The fourth-order valence-corrected chi connectivity index (χ4v) is 6.00. The molecule has 1 amide bonds. The first kappa shape index (κ1) is 22.0. The first-order valence-corrected chi connectivity index (χ1v) is 12.4. The summed E-state index contributed by atoms with van der Waals surface area (Å²) >= 11 is 0. The van der Waals surface area contributed by atoms with Crippen LogP contribution in [0.25, 0.3) is 0 Å². The molecule has 2 atom stereocenters. The molecule has 2 fully saturated rings.